The van der Waals surface area contributed by atoms with Crippen molar-refractivity contribution in [1.82, 2.24) is 0 Å². The van der Waals surface area contributed by atoms with Crippen LogP contribution in [0.5, 0.6) is 5.75 Å². The van der Waals surface area contributed by atoms with Crippen molar-refractivity contribution in [2.45, 2.75) is 0 Å². The molecule has 1 rings (SSSR count). The first-order chi connectivity index (χ1) is 7.87. The largest absolute Gasteiger partial charge is 0.495 e. The number of hydrogen-bond donors (Lipinski definition) is 1. The molecule has 0 aromatic heterocycles. The van der Waals surface area contributed by atoms with Crippen molar-refractivity contribution in [3.8, 4) is 5.75 Å². The number of methoxy groups -OCH3 is 2. The molecule has 0 saturated heterocycles. The molecule has 0 fully saturated rings. The maximum absolute atomic E-state index is 12.4. The number of carbonyl (C=O) groups excluding carboxylic acids is 1. The van der Waals surface area contributed by atoms with Crippen LogP contribution in [0.2, 0.25) is 0 Å². The Morgan fingerprint density at radius 1 is 1.35 bits per heavy atom. The third-order valence-corrected chi connectivity index (χ3v) is 2.32. The summed E-state index contributed by atoms with van der Waals surface area (Å²) < 4.78 is 44.2. The molecule has 0 aliphatic carbocycles. The zero-order valence-corrected chi connectivity index (χ0v) is 9.88. The van der Waals surface area contributed by atoms with Crippen LogP contribution in [-0.2, 0) is 15.1 Å². The van der Waals surface area contributed by atoms with Crippen molar-refractivity contribution >= 4 is 22.1 Å². The lowest BCUT2D eigenvalue weighted by Gasteiger charge is -2.09. The topological polar surface area (TPSA) is 81.7 Å². The van der Waals surface area contributed by atoms with Crippen LogP contribution < -0.4 is 9.46 Å². The number of rotatable bonds is 4. The van der Waals surface area contributed by atoms with E-state index < -0.39 is 16.4 Å². The van der Waals surface area contributed by atoms with Crippen molar-refractivity contribution in [3.05, 3.63) is 23.8 Å². The molecular weight excluding hydrogens is 253 g/mol. The Kier molecular flexibility index (Phi) is 3.89. The number of nitrogens with one attached hydrogen (secondary N) is 1. The fourth-order valence-electron chi connectivity index (χ4n) is 1.15. The summed E-state index contributed by atoms with van der Waals surface area (Å²) in [6, 6.07) is 3.71. The van der Waals surface area contributed by atoms with Crippen LogP contribution in [0.1, 0.15) is 10.4 Å². The predicted molar refractivity (Wildman–Crippen MR) is 58.0 cm³/mol. The normalized spacial score (nSPS) is 10.8. The molecule has 8 heteroatoms. The van der Waals surface area contributed by atoms with E-state index in [2.05, 4.69) is 4.74 Å². The first-order valence-electron chi connectivity index (χ1n) is 4.36. The Morgan fingerprint density at radius 2 is 2.00 bits per heavy atom. The summed E-state index contributed by atoms with van der Waals surface area (Å²) in [5, 5.41) is 0. The summed E-state index contributed by atoms with van der Waals surface area (Å²) in [4.78, 5) is 11.2. The second-order valence-corrected chi connectivity index (χ2v) is 4.03. The van der Waals surface area contributed by atoms with E-state index in [0.717, 1.165) is 0 Å². The summed E-state index contributed by atoms with van der Waals surface area (Å²) >= 11 is 0. The number of hydrogen-bond acceptors (Lipinski definition) is 5. The molecule has 0 heterocycles. The van der Waals surface area contributed by atoms with Crippen molar-refractivity contribution in [1.29, 1.82) is 0 Å². The maximum atomic E-state index is 12.4. The quantitative estimate of drug-likeness (QED) is 0.650. The monoisotopic (exact) mass is 263 g/mol. The molecule has 0 unspecified atom stereocenters. The second-order valence-electron chi connectivity index (χ2n) is 2.95. The average Bonchev–Trinajstić information content (AvgIpc) is 2.26. The number of halogens is 1. The zero-order chi connectivity index (χ0) is 13.1. The lowest BCUT2D eigenvalue weighted by Crippen LogP contribution is -2.08. The Balaban J connectivity index is 3.14. The number of carbonyl (C=O) groups is 1. The minimum absolute atomic E-state index is 0.00845. The molecular formula is C9H10FNO5S. The highest BCUT2D eigenvalue weighted by Crippen LogP contribution is 2.26. The van der Waals surface area contributed by atoms with Gasteiger partial charge in [0, 0.05) is 0 Å². The van der Waals surface area contributed by atoms with E-state index in [4.69, 9.17) is 4.74 Å². The van der Waals surface area contributed by atoms with Crippen LogP contribution in [0, 0.1) is 0 Å². The van der Waals surface area contributed by atoms with Gasteiger partial charge in [0.2, 0.25) is 0 Å². The molecule has 0 saturated carbocycles. The standard InChI is InChI=1S/C9H10FNO5S/c1-15-8-5-6(9(12)16-2)3-4-7(8)11-17(10,13)14/h3-5,11H,1-2H3. The molecule has 0 radical (unpaired) electrons. The lowest BCUT2D eigenvalue weighted by atomic mass is 10.2. The molecule has 1 N–H and O–H groups in total. The van der Waals surface area contributed by atoms with Gasteiger partial charge in [-0.1, -0.05) is 3.89 Å². The van der Waals surface area contributed by atoms with E-state index in [0.29, 0.717) is 0 Å². The molecule has 1 aromatic carbocycles. The molecule has 94 valence electrons. The molecule has 17 heavy (non-hydrogen) atoms. The fourth-order valence-corrected chi connectivity index (χ4v) is 1.58. The average molecular weight is 263 g/mol. The van der Waals surface area contributed by atoms with E-state index in [9.17, 15) is 17.1 Å². The first kappa shape index (κ1) is 13.2. The summed E-state index contributed by atoms with van der Waals surface area (Å²) in [6.45, 7) is 0. The third-order valence-electron chi connectivity index (χ3n) is 1.85. The molecule has 6 nitrogen and oxygen atoms in total. The van der Waals surface area contributed by atoms with E-state index in [1.54, 1.807) is 4.72 Å². The Bertz CT molecular complexity index is 528. The van der Waals surface area contributed by atoms with Gasteiger partial charge >= 0.3 is 16.4 Å². The van der Waals surface area contributed by atoms with Gasteiger partial charge in [0.1, 0.15) is 5.75 Å². The third kappa shape index (κ3) is 3.59. The van der Waals surface area contributed by atoms with E-state index >= 15 is 0 Å². The summed E-state index contributed by atoms with van der Waals surface area (Å²) in [6.07, 6.45) is 0. The number of ether oxygens (including phenoxy) is 2. The number of esters is 1. The van der Waals surface area contributed by atoms with Gasteiger partial charge in [0.25, 0.3) is 0 Å². The van der Waals surface area contributed by atoms with Gasteiger partial charge in [-0.25, -0.2) is 4.79 Å². The van der Waals surface area contributed by atoms with Crippen molar-refractivity contribution in [2.24, 2.45) is 0 Å². The molecule has 0 amide bonds. The second kappa shape index (κ2) is 5.00. The highest BCUT2D eigenvalue weighted by Gasteiger charge is 2.14. The highest BCUT2D eigenvalue weighted by atomic mass is 32.3. The summed E-state index contributed by atoms with van der Waals surface area (Å²) in [5.74, 6) is -0.605. The van der Waals surface area contributed by atoms with Gasteiger partial charge in [-0.05, 0) is 18.2 Å². The molecule has 0 atom stereocenters. The Hall–Kier alpha value is -1.83. The lowest BCUT2D eigenvalue weighted by molar-refractivity contribution is 0.0600. The van der Waals surface area contributed by atoms with E-state index in [1.165, 1.54) is 32.4 Å². The highest BCUT2D eigenvalue weighted by molar-refractivity contribution is 7.87. The van der Waals surface area contributed by atoms with Crippen molar-refractivity contribution in [2.75, 3.05) is 18.9 Å². The SMILES string of the molecule is COC(=O)c1ccc(NS(=O)(=O)F)c(OC)c1. The van der Waals surface area contributed by atoms with Gasteiger partial charge in [0.05, 0.1) is 25.5 Å². The first-order valence-corrected chi connectivity index (χ1v) is 5.74. The van der Waals surface area contributed by atoms with Gasteiger partial charge in [-0.2, -0.15) is 8.42 Å². The van der Waals surface area contributed by atoms with Crippen LogP contribution in [0.25, 0.3) is 0 Å². The summed E-state index contributed by atoms with van der Waals surface area (Å²) in [5.41, 5.74) is 0.0498. The van der Waals surface area contributed by atoms with Crippen LogP contribution in [0.3, 0.4) is 0 Å². The van der Waals surface area contributed by atoms with Crippen molar-refractivity contribution < 1.29 is 26.6 Å². The molecule has 0 aliphatic heterocycles. The maximum Gasteiger partial charge on any atom is 0.397 e. The van der Waals surface area contributed by atoms with Crippen LogP contribution >= 0.6 is 0 Å². The fraction of sp³-hybridized carbons (Fsp3) is 0.222. The van der Waals surface area contributed by atoms with Crippen molar-refractivity contribution in [3.63, 3.8) is 0 Å². The number of benzene rings is 1. The molecule has 1 aromatic rings. The molecule has 0 aliphatic rings. The molecule has 0 spiro atoms. The van der Waals surface area contributed by atoms with Gasteiger partial charge in [-0.15, -0.1) is 0 Å². The summed E-state index contributed by atoms with van der Waals surface area (Å²) in [7, 11) is -2.44. The van der Waals surface area contributed by atoms with E-state index in [1.807, 2.05) is 0 Å². The van der Waals surface area contributed by atoms with Gasteiger partial charge in [-0.3, -0.25) is 4.72 Å². The van der Waals surface area contributed by atoms with Gasteiger partial charge < -0.3 is 9.47 Å². The van der Waals surface area contributed by atoms with Crippen LogP contribution in [0.4, 0.5) is 9.57 Å². The minimum Gasteiger partial charge on any atom is -0.495 e. The number of anilines is 1. The van der Waals surface area contributed by atoms with Crippen LogP contribution in [-0.4, -0.2) is 28.6 Å². The minimum atomic E-state index is -4.89. The Morgan fingerprint density at radius 3 is 2.47 bits per heavy atom. The Labute approximate surface area is 97.7 Å². The van der Waals surface area contributed by atoms with Crippen LogP contribution in [0.15, 0.2) is 18.2 Å². The predicted octanol–water partition coefficient (Wildman–Crippen LogP) is 1.11. The smallest absolute Gasteiger partial charge is 0.397 e. The van der Waals surface area contributed by atoms with Gasteiger partial charge in [0.15, 0.2) is 0 Å². The van der Waals surface area contributed by atoms with E-state index in [-0.39, 0.29) is 17.0 Å². The zero-order valence-electron chi connectivity index (χ0n) is 9.06. The molecule has 0 bridgehead atoms.